The Bertz CT molecular complexity index is 2380. The lowest BCUT2D eigenvalue weighted by Crippen LogP contribution is -2.21. The number of aromatic nitrogens is 10. The molecule has 0 saturated heterocycles. The predicted octanol–water partition coefficient (Wildman–Crippen LogP) is 6.15. The van der Waals surface area contributed by atoms with Gasteiger partial charge in [0, 0.05) is 54.1 Å². The Morgan fingerprint density at radius 3 is 1.65 bits per heavy atom. The number of carboxylic acids is 1. The van der Waals surface area contributed by atoms with E-state index in [1.54, 1.807) is 37.5 Å². The van der Waals surface area contributed by atoms with Crippen molar-refractivity contribution in [3.05, 3.63) is 126 Å². The third-order valence-electron chi connectivity index (χ3n) is 7.09. The fraction of sp³-hybridized carbons (Fsp3) is 0.143. The van der Waals surface area contributed by atoms with Crippen molar-refractivity contribution < 1.29 is 54.2 Å². The van der Waals surface area contributed by atoms with E-state index in [0.717, 1.165) is 29.3 Å². The van der Waals surface area contributed by atoms with Crippen LogP contribution < -0.4 is 16.6 Å². The molecule has 0 aliphatic rings. The first-order chi connectivity index (χ1) is 28.2. The van der Waals surface area contributed by atoms with E-state index >= 15 is 0 Å². The van der Waals surface area contributed by atoms with Crippen LogP contribution in [-0.2, 0) is 34.7 Å². The van der Waals surface area contributed by atoms with E-state index < -0.39 is 52.6 Å². The van der Waals surface area contributed by atoms with Gasteiger partial charge in [-0.1, -0.05) is 0 Å². The number of nitrogens with zero attached hydrogens (tertiary/aromatic N) is 10. The summed E-state index contributed by atoms with van der Waals surface area (Å²) in [6.07, 6.45) is -2.00. The second-order valence-electron chi connectivity index (χ2n) is 11.6. The van der Waals surface area contributed by atoms with E-state index in [2.05, 4.69) is 50.8 Å². The average molecular weight is 850 g/mol. The first-order valence-corrected chi connectivity index (χ1v) is 16.4. The van der Waals surface area contributed by atoms with Gasteiger partial charge in [-0.25, -0.2) is 49.9 Å². The molecule has 0 radical (unpaired) electrons. The quantitative estimate of drug-likeness (QED) is 0.0556. The lowest BCUT2D eigenvalue weighted by Gasteiger charge is -2.13. The van der Waals surface area contributed by atoms with Crippen molar-refractivity contribution in [2.24, 2.45) is 5.84 Å². The zero-order valence-electron chi connectivity index (χ0n) is 30.3. The van der Waals surface area contributed by atoms with Crippen LogP contribution in [0.5, 0.6) is 0 Å². The van der Waals surface area contributed by atoms with Gasteiger partial charge in [0.25, 0.3) is 0 Å². The smallest absolute Gasteiger partial charge is 0.416 e. The summed E-state index contributed by atoms with van der Waals surface area (Å²) in [6.45, 7) is 1.80. The number of nitrogens with one attached hydrogen (secondary N) is 2. The molecule has 60 heavy (non-hydrogen) atoms. The Morgan fingerprint density at radius 1 is 0.700 bits per heavy atom. The van der Waals surface area contributed by atoms with Gasteiger partial charge in [0.15, 0.2) is 11.6 Å². The maximum Gasteiger partial charge on any atom is 0.416 e. The second-order valence-corrected chi connectivity index (χ2v) is 11.6. The summed E-state index contributed by atoms with van der Waals surface area (Å²) in [7, 11) is 0. The lowest BCUT2D eigenvalue weighted by molar-refractivity contribution is -0.143. The number of aryl methyl sites for hydroxylation is 1. The van der Waals surface area contributed by atoms with Gasteiger partial charge in [0.1, 0.15) is 31.1 Å². The van der Waals surface area contributed by atoms with Crippen LogP contribution in [0.4, 0.5) is 45.3 Å². The fourth-order valence-corrected chi connectivity index (χ4v) is 4.44. The molecule has 0 aliphatic heterocycles. The zero-order valence-corrected chi connectivity index (χ0v) is 30.3. The Labute approximate surface area is 331 Å². The minimum Gasteiger partial charge on any atom is -0.478 e. The van der Waals surface area contributed by atoms with Crippen molar-refractivity contribution in [3.8, 4) is 22.8 Å². The molecule has 25 heteroatoms. The summed E-state index contributed by atoms with van der Waals surface area (Å²) in [5.41, 5.74) is -0.540. The highest BCUT2D eigenvalue weighted by molar-refractivity contribution is 5.90. The summed E-state index contributed by atoms with van der Waals surface area (Å²) in [6, 6.07) is 7.92. The number of hydrazine groups is 1. The number of carboxylic acid groups (broad SMARTS) is 1. The number of benzene rings is 2. The molecule has 314 valence electrons. The molecule has 0 saturated carbocycles. The minimum absolute atomic E-state index is 0.00910. The van der Waals surface area contributed by atoms with Gasteiger partial charge in [-0.2, -0.15) is 39.5 Å². The molecule has 0 spiro atoms. The van der Waals surface area contributed by atoms with Crippen molar-refractivity contribution in [2.75, 3.05) is 5.43 Å². The molecular weight excluding hydrogens is 821 g/mol. The van der Waals surface area contributed by atoms with Crippen LogP contribution in [0.2, 0.25) is 0 Å². The Kier molecular flexibility index (Phi) is 14.8. The Morgan fingerprint density at radius 2 is 1.20 bits per heavy atom. The summed E-state index contributed by atoms with van der Waals surface area (Å²) in [5, 5.41) is 18.8. The van der Waals surface area contributed by atoms with Gasteiger partial charge in [-0.15, -0.1) is 10.2 Å². The van der Waals surface area contributed by atoms with Crippen LogP contribution in [0, 0.1) is 6.92 Å². The molecule has 0 fully saturated rings. The number of nitrogens with two attached hydrogens (primary N) is 1. The number of carbonyl (C=O) groups excluding carboxylic acids is 1. The highest BCUT2D eigenvalue weighted by atomic mass is 19.4. The highest BCUT2D eigenvalue weighted by Gasteiger charge is 2.37. The maximum absolute atomic E-state index is 13.0. The zero-order chi connectivity index (χ0) is 44.1. The molecular formula is C35H28F9N13O3. The number of aliphatic carboxylic acids is 1. The number of nitrogen functional groups attached to an aromatic ring is 1. The number of rotatable bonds is 9. The molecule has 2 aromatic carbocycles. The van der Waals surface area contributed by atoms with E-state index in [1.165, 1.54) is 35.9 Å². The van der Waals surface area contributed by atoms with Gasteiger partial charge in [-0.3, -0.25) is 4.79 Å². The number of hydrogen-bond acceptors (Lipinski definition) is 12. The molecule has 1 amide bonds. The number of halogens is 9. The molecule has 5 N–H and O–H groups in total. The van der Waals surface area contributed by atoms with Crippen molar-refractivity contribution in [1.29, 1.82) is 0 Å². The average Bonchev–Trinajstić information content (AvgIpc) is 3.89. The van der Waals surface area contributed by atoms with Crippen molar-refractivity contribution in [3.63, 3.8) is 0 Å². The molecule has 0 aliphatic carbocycles. The van der Waals surface area contributed by atoms with Crippen LogP contribution in [0.3, 0.4) is 0 Å². The summed E-state index contributed by atoms with van der Waals surface area (Å²) in [5.74, 6) is 3.65. The molecule has 4 aromatic heterocycles. The predicted molar refractivity (Wildman–Crippen MR) is 193 cm³/mol. The number of hydrogen-bond donors (Lipinski definition) is 4. The summed E-state index contributed by atoms with van der Waals surface area (Å²) < 4.78 is 118. The molecule has 0 atom stereocenters. The molecule has 16 nitrogen and oxygen atoms in total. The number of carbonyl (C=O) groups is 2. The standard InChI is InChI=1S/C18H15F3N6O.C13H7F6N3O2.C4H6N4/c1-12-6-13(8-14(7-12)18(19,20)21)17-25-11-27(26-17)5-3-16(28)23-9-15-2-4-22-10-24-15;14-12(15,16)8-3-7(4-9(5-8)13(17,18)19)11-20-6-22(21-11)2-1-10(23)24;5-8-4-1-2-6-3-7-4/h2-8,10-11H,9H2,1H3,(H,23,28);1-6H,(H,23,24);1-3H,5H2,(H,6,7,8)/b5-3-;2-1-;. The highest BCUT2D eigenvalue weighted by Crippen LogP contribution is 2.38. The topological polar surface area (TPSA) is 217 Å². The minimum atomic E-state index is -4.98. The van der Waals surface area contributed by atoms with Gasteiger partial charge < -0.3 is 15.8 Å². The SMILES string of the molecule is Cc1cc(-c2ncn(/C=C\C(=O)NCc3ccncn3)n2)cc(C(F)(F)F)c1.NNc1ccncn1.O=C(O)/C=C\n1cnc(-c2cc(C(F)(F)F)cc(C(F)(F)F)c2)n1. The van der Waals surface area contributed by atoms with E-state index in [4.69, 9.17) is 10.9 Å². The van der Waals surface area contributed by atoms with Crippen LogP contribution in [0.15, 0.2) is 98.4 Å². The van der Waals surface area contributed by atoms with E-state index in [9.17, 15) is 49.1 Å². The largest absolute Gasteiger partial charge is 0.478 e. The summed E-state index contributed by atoms with van der Waals surface area (Å²) in [4.78, 5) is 45.0. The maximum atomic E-state index is 13.0. The number of amides is 1. The van der Waals surface area contributed by atoms with E-state index in [-0.39, 0.29) is 29.9 Å². The third-order valence-corrected chi connectivity index (χ3v) is 7.09. The van der Waals surface area contributed by atoms with Gasteiger partial charge in [-0.05, 0) is 55.0 Å². The normalized spacial score (nSPS) is 11.7. The van der Waals surface area contributed by atoms with Gasteiger partial charge in [0.2, 0.25) is 5.91 Å². The van der Waals surface area contributed by atoms with Crippen molar-refractivity contribution in [2.45, 2.75) is 32.0 Å². The van der Waals surface area contributed by atoms with E-state index in [0.29, 0.717) is 35.3 Å². The van der Waals surface area contributed by atoms with Crippen molar-refractivity contribution >= 4 is 30.1 Å². The van der Waals surface area contributed by atoms with E-state index in [1.807, 2.05) is 0 Å². The first kappa shape index (κ1) is 45.1. The fourth-order valence-electron chi connectivity index (χ4n) is 4.44. The number of anilines is 1. The van der Waals surface area contributed by atoms with Crippen LogP contribution in [-0.4, -0.2) is 66.4 Å². The van der Waals surface area contributed by atoms with Gasteiger partial charge >= 0.3 is 24.5 Å². The second kappa shape index (κ2) is 19.7. The Balaban J connectivity index is 0.000000225. The monoisotopic (exact) mass is 849 g/mol. The van der Waals surface area contributed by atoms with Crippen molar-refractivity contribution in [1.82, 2.24) is 54.8 Å². The van der Waals surface area contributed by atoms with Crippen LogP contribution in [0.1, 0.15) is 27.9 Å². The van der Waals surface area contributed by atoms with Crippen LogP contribution in [0.25, 0.3) is 35.2 Å². The molecule has 6 rings (SSSR count). The lowest BCUT2D eigenvalue weighted by atomic mass is 10.0. The molecule has 0 unspecified atom stereocenters. The number of alkyl halides is 9. The molecule has 4 heterocycles. The summed E-state index contributed by atoms with van der Waals surface area (Å²) >= 11 is 0. The first-order valence-electron chi connectivity index (χ1n) is 16.4. The third kappa shape index (κ3) is 14.1. The van der Waals surface area contributed by atoms with Crippen LogP contribution >= 0.6 is 0 Å². The molecule has 0 bridgehead atoms. The molecule has 6 aromatic rings. The van der Waals surface area contributed by atoms with Gasteiger partial charge in [0.05, 0.1) is 28.9 Å². The Hall–Kier alpha value is -7.57.